The summed E-state index contributed by atoms with van der Waals surface area (Å²) in [5, 5.41) is 22.8. The van der Waals surface area contributed by atoms with Crippen molar-refractivity contribution < 1.29 is 0 Å². The molecule has 0 atom stereocenters. The van der Waals surface area contributed by atoms with E-state index in [0.29, 0.717) is 28.7 Å². The quantitative estimate of drug-likeness (QED) is 0.675. The number of aromatic nitrogens is 4. The number of nitriles is 1. The zero-order chi connectivity index (χ0) is 14.8. The van der Waals surface area contributed by atoms with Gasteiger partial charge in [0.1, 0.15) is 11.9 Å². The molecular weight excluding hydrogens is 334 g/mol. The average Bonchev–Trinajstić information content (AvgIpc) is 2.97. The lowest BCUT2D eigenvalue weighted by molar-refractivity contribution is 1.09. The highest BCUT2D eigenvalue weighted by Gasteiger charge is 2.11. The van der Waals surface area contributed by atoms with E-state index < -0.39 is 0 Å². The third-order valence-corrected chi connectivity index (χ3v) is 3.38. The summed E-state index contributed by atoms with van der Waals surface area (Å²) in [7, 11) is 1.74. The third kappa shape index (κ3) is 2.51. The number of fused-ring (bicyclic) bond motifs is 1. The van der Waals surface area contributed by atoms with Crippen molar-refractivity contribution in [3.8, 4) is 6.07 Å². The van der Waals surface area contributed by atoms with Gasteiger partial charge in [-0.1, -0.05) is 15.9 Å². The first-order valence-corrected chi connectivity index (χ1v) is 6.86. The number of benzene rings is 1. The molecule has 104 valence electrons. The Bertz CT molecular complexity index is 849. The van der Waals surface area contributed by atoms with Gasteiger partial charge in [0.05, 0.1) is 22.8 Å². The molecule has 0 aliphatic heterocycles. The smallest absolute Gasteiger partial charge is 0.226 e. The van der Waals surface area contributed by atoms with Crippen molar-refractivity contribution in [2.45, 2.75) is 0 Å². The molecule has 8 heteroatoms. The lowest BCUT2D eigenvalue weighted by atomic mass is 10.2. The van der Waals surface area contributed by atoms with Crippen LogP contribution in [0.5, 0.6) is 0 Å². The molecule has 0 saturated heterocycles. The largest absolute Gasteiger partial charge is 0.357 e. The van der Waals surface area contributed by atoms with Crippen LogP contribution < -0.4 is 10.6 Å². The molecule has 1 aromatic carbocycles. The lowest BCUT2D eigenvalue weighted by Gasteiger charge is -2.09. The molecule has 0 aliphatic carbocycles. The number of anilines is 3. The van der Waals surface area contributed by atoms with E-state index in [1.54, 1.807) is 19.3 Å². The van der Waals surface area contributed by atoms with Crippen molar-refractivity contribution >= 4 is 44.4 Å². The molecule has 0 unspecified atom stereocenters. The van der Waals surface area contributed by atoms with Gasteiger partial charge in [-0.3, -0.25) is 5.10 Å². The van der Waals surface area contributed by atoms with Crippen LogP contribution in [-0.2, 0) is 0 Å². The maximum atomic E-state index is 9.22. The molecule has 0 saturated carbocycles. The molecule has 2 aromatic heterocycles. The first-order valence-electron chi connectivity index (χ1n) is 6.07. The monoisotopic (exact) mass is 343 g/mol. The summed E-state index contributed by atoms with van der Waals surface area (Å²) in [6.07, 6.45) is 1.64. The fourth-order valence-electron chi connectivity index (χ4n) is 1.89. The van der Waals surface area contributed by atoms with Crippen LogP contribution in [0.15, 0.2) is 28.9 Å². The van der Waals surface area contributed by atoms with Gasteiger partial charge in [-0.2, -0.15) is 20.3 Å². The minimum atomic E-state index is 0.463. The highest BCUT2D eigenvalue weighted by Crippen LogP contribution is 2.27. The number of hydrogen-bond donors (Lipinski definition) is 3. The van der Waals surface area contributed by atoms with E-state index >= 15 is 0 Å². The van der Waals surface area contributed by atoms with Crippen molar-refractivity contribution in [1.82, 2.24) is 20.2 Å². The minimum absolute atomic E-state index is 0.463. The number of nitrogens with one attached hydrogen (secondary N) is 3. The van der Waals surface area contributed by atoms with Gasteiger partial charge in [-0.25, -0.2) is 0 Å². The zero-order valence-electron chi connectivity index (χ0n) is 11.0. The molecule has 21 heavy (non-hydrogen) atoms. The standard InChI is InChI=1S/C13H10BrN7/c1-16-13-19-11(9-6-17-21-12(9)20-13)18-10-3-2-8(14)4-7(10)5-15/h2-4,6H,1H3,(H3,16,17,18,19,20,21). The number of hydrogen-bond acceptors (Lipinski definition) is 6. The number of halogens is 1. The van der Waals surface area contributed by atoms with E-state index in [-0.39, 0.29) is 0 Å². The van der Waals surface area contributed by atoms with Crippen LogP contribution in [0, 0.1) is 11.3 Å². The molecule has 2 heterocycles. The molecule has 3 N–H and O–H groups in total. The Hall–Kier alpha value is -2.66. The van der Waals surface area contributed by atoms with Gasteiger partial charge in [-0.15, -0.1) is 0 Å². The van der Waals surface area contributed by atoms with Crippen LogP contribution >= 0.6 is 15.9 Å². The Morgan fingerprint density at radius 1 is 1.33 bits per heavy atom. The Morgan fingerprint density at radius 3 is 2.95 bits per heavy atom. The first kappa shape index (κ1) is 13.3. The fourth-order valence-corrected chi connectivity index (χ4v) is 2.25. The molecule has 0 amide bonds. The van der Waals surface area contributed by atoms with Gasteiger partial charge in [0.25, 0.3) is 0 Å². The second kappa shape index (κ2) is 5.38. The van der Waals surface area contributed by atoms with E-state index in [2.05, 4.69) is 52.8 Å². The van der Waals surface area contributed by atoms with Gasteiger partial charge in [0.2, 0.25) is 5.95 Å². The molecule has 3 aromatic rings. The number of aromatic amines is 1. The van der Waals surface area contributed by atoms with Gasteiger partial charge < -0.3 is 10.6 Å². The van der Waals surface area contributed by atoms with Gasteiger partial charge in [0, 0.05) is 11.5 Å². The Balaban J connectivity index is 2.10. The number of rotatable bonds is 3. The molecular formula is C13H10BrN7. The second-order valence-electron chi connectivity index (χ2n) is 4.20. The molecule has 0 bridgehead atoms. The molecule has 0 spiro atoms. The first-order chi connectivity index (χ1) is 10.2. The fraction of sp³-hybridized carbons (Fsp3) is 0.0769. The van der Waals surface area contributed by atoms with Crippen LogP contribution in [0.3, 0.4) is 0 Å². The average molecular weight is 344 g/mol. The second-order valence-corrected chi connectivity index (χ2v) is 5.12. The Kier molecular flexibility index (Phi) is 3.41. The molecule has 0 aliphatic rings. The van der Waals surface area contributed by atoms with Gasteiger partial charge in [0.15, 0.2) is 5.65 Å². The predicted molar refractivity (Wildman–Crippen MR) is 83.4 cm³/mol. The van der Waals surface area contributed by atoms with Crippen molar-refractivity contribution in [3.05, 3.63) is 34.4 Å². The van der Waals surface area contributed by atoms with E-state index in [1.165, 1.54) is 0 Å². The van der Waals surface area contributed by atoms with E-state index in [4.69, 9.17) is 0 Å². The highest BCUT2D eigenvalue weighted by atomic mass is 79.9. The van der Waals surface area contributed by atoms with Gasteiger partial charge in [-0.05, 0) is 18.2 Å². The van der Waals surface area contributed by atoms with Crippen LogP contribution in [0.25, 0.3) is 11.0 Å². The summed E-state index contributed by atoms with van der Waals surface area (Å²) in [6, 6.07) is 7.57. The van der Waals surface area contributed by atoms with Crippen molar-refractivity contribution in [2.24, 2.45) is 0 Å². The highest BCUT2D eigenvalue weighted by molar-refractivity contribution is 9.10. The number of H-pyrrole nitrogens is 1. The Morgan fingerprint density at radius 2 is 2.19 bits per heavy atom. The van der Waals surface area contributed by atoms with E-state index in [9.17, 15) is 5.26 Å². The van der Waals surface area contributed by atoms with Crippen LogP contribution in [0.1, 0.15) is 5.56 Å². The van der Waals surface area contributed by atoms with Crippen LogP contribution in [0.4, 0.5) is 17.5 Å². The summed E-state index contributed by atoms with van der Waals surface area (Å²) in [5.41, 5.74) is 1.81. The maximum absolute atomic E-state index is 9.22. The molecule has 3 rings (SSSR count). The zero-order valence-corrected chi connectivity index (χ0v) is 12.6. The summed E-state index contributed by atoms with van der Waals surface area (Å²) >= 11 is 3.35. The third-order valence-electron chi connectivity index (χ3n) is 2.89. The van der Waals surface area contributed by atoms with Crippen molar-refractivity contribution in [2.75, 3.05) is 17.7 Å². The Labute approximate surface area is 128 Å². The SMILES string of the molecule is CNc1nc(Nc2ccc(Br)cc2C#N)c2cn[nH]c2n1. The van der Waals surface area contributed by atoms with E-state index in [0.717, 1.165) is 9.86 Å². The summed E-state index contributed by atoms with van der Waals surface area (Å²) < 4.78 is 0.844. The van der Waals surface area contributed by atoms with Crippen molar-refractivity contribution in [1.29, 1.82) is 5.26 Å². The minimum Gasteiger partial charge on any atom is -0.357 e. The summed E-state index contributed by atoms with van der Waals surface area (Å²) in [4.78, 5) is 8.63. The summed E-state index contributed by atoms with van der Waals surface area (Å²) in [6.45, 7) is 0. The van der Waals surface area contributed by atoms with Crippen LogP contribution in [0.2, 0.25) is 0 Å². The molecule has 7 nitrogen and oxygen atoms in total. The maximum Gasteiger partial charge on any atom is 0.226 e. The van der Waals surface area contributed by atoms with Gasteiger partial charge >= 0.3 is 0 Å². The van der Waals surface area contributed by atoms with Crippen LogP contribution in [-0.4, -0.2) is 27.2 Å². The molecule has 0 fully saturated rings. The van der Waals surface area contributed by atoms with E-state index in [1.807, 2.05) is 12.1 Å². The molecule has 0 radical (unpaired) electrons. The predicted octanol–water partition coefficient (Wildman–Crippen LogP) is 2.77. The normalized spacial score (nSPS) is 10.3. The topological polar surface area (TPSA) is 102 Å². The lowest BCUT2D eigenvalue weighted by Crippen LogP contribution is -2.02. The number of nitrogens with zero attached hydrogens (tertiary/aromatic N) is 4. The summed E-state index contributed by atoms with van der Waals surface area (Å²) in [5.74, 6) is 1.04. The van der Waals surface area contributed by atoms with Crippen molar-refractivity contribution in [3.63, 3.8) is 0 Å².